The lowest BCUT2D eigenvalue weighted by atomic mass is 10.2. The van der Waals surface area contributed by atoms with Gasteiger partial charge in [0.05, 0.1) is 19.7 Å². The summed E-state index contributed by atoms with van der Waals surface area (Å²) < 4.78 is 6.84. The first-order chi connectivity index (χ1) is 9.35. The number of hydrogen-bond donors (Lipinski definition) is 1. The molecule has 0 aliphatic heterocycles. The third-order valence-electron chi connectivity index (χ3n) is 2.88. The minimum absolute atomic E-state index is 0.656. The van der Waals surface area contributed by atoms with Gasteiger partial charge in [-0.05, 0) is 33.9 Å². The number of nitrogens with one attached hydrogen (secondary N) is 1. The lowest BCUT2D eigenvalue weighted by Crippen LogP contribution is -2.21. The van der Waals surface area contributed by atoms with Crippen molar-refractivity contribution in [2.45, 2.75) is 26.4 Å². The molecule has 0 bridgehead atoms. The fraction of sp³-hybridized carbons (Fsp3) is 0.583. The Hall–Kier alpha value is -1.31. The predicted molar refractivity (Wildman–Crippen MR) is 74.2 cm³/mol. The second-order valence-electron chi connectivity index (χ2n) is 4.14. The lowest BCUT2D eigenvalue weighted by Gasteiger charge is -2.06. The summed E-state index contributed by atoms with van der Waals surface area (Å²) in [6, 6.07) is 2.17. The highest BCUT2D eigenvalue weighted by atomic mass is 32.1. The van der Waals surface area contributed by atoms with E-state index in [1.165, 1.54) is 10.4 Å². The molecule has 2 aromatic rings. The predicted octanol–water partition coefficient (Wildman–Crippen LogP) is 1.08. The van der Waals surface area contributed by atoms with E-state index in [9.17, 15) is 0 Å². The number of nitrogens with zero attached hydrogens (tertiary/aromatic N) is 4. The molecular weight excluding hydrogens is 262 g/mol. The molecule has 0 fully saturated rings. The number of ether oxygens (including phenoxy) is 1. The fourth-order valence-corrected chi connectivity index (χ4v) is 2.76. The summed E-state index contributed by atoms with van der Waals surface area (Å²) in [5, 5.41) is 17.2. The van der Waals surface area contributed by atoms with Crippen molar-refractivity contribution in [1.82, 2.24) is 25.5 Å². The van der Waals surface area contributed by atoms with Crippen molar-refractivity contribution in [2.75, 3.05) is 20.3 Å². The van der Waals surface area contributed by atoms with Crippen molar-refractivity contribution in [2.24, 2.45) is 0 Å². The van der Waals surface area contributed by atoms with Gasteiger partial charge in [-0.2, -0.15) is 0 Å². The Labute approximate surface area is 116 Å². The van der Waals surface area contributed by atoms with E-state index in [4.69, 9.17) is 4.74 Å². The van der Waals surface area contributed by atoms with Crippen LogP contribution in [0, 0.1) is 0 Å². The zero-order valence-corrected chi connectivity index (χ0v) is 12.1. The molecule has 0 aliphatic carbocycles. The lowest BCUT2D eigenvalue weighted by molar-refractivity contribution is 0.198. The summed E-state index contributed by atoms with van der Waals surface area (Å²) in [7, 11) is 1.69. The zero-order valence-electron chi connectivity index (χ0n) is 11.3. The van der Waals surface area contributed by atoms with Crippen LogP contribution in [-0.4, -0.2) is 40.5 Å². The summed E-state index contributed by atoms with van der Waals surface area (Å²) in [5.74, 6) is 0.853. The van der Waals surface area contributed by atoms with Gasteiger partial charge in [-0.1, -0.05) is 6.92 Å². The van der Waals surface area contributed by atoms with E-state index in [2.05, 4.69) is 39.2 Å². The van der Waals surface area contributed by atoms with E-state index in [0.29, 0.717) is 13.2 Å². The molecule has 0 saturated heterocycles. The van der Waals surface area contributed by atoms with Gasteiger partial charge < -0.3 is 10.1 Å². The molecule has 104 valence electrons. The summed E-state index contributed by atoms with van der Waals surface area (Å²) in [4.78, 5) is 1.33. The smallest absolute Gasteiger partial charge is 0.165 e. The highest BCUT2D eigenvalue weighted by Gasteiger charge is 2.09. The standard InChI is InChI=1S/C12H19N5OS/c1-3-10-4-7-19-11(10)9-17-12(14-15-16-17)8-13-5-6-18-2/h4,7,13H,3,5-6,8-9H2,1-2H3. The highest BCUT2D eigenvalue weighted by molar-refractivity contribution is 7.10. The molecule has 0 atom stereocenters. The molecule has 0 aliphatic rings. The maximum Gasteiger partial charge on any atom is 0.165 e. The second-order valence-corrected chi connectivity index (χ2v) is 5.15. The van der Waals surface area contributed by atoms with Crippen LogP contribution in [-0.2, 0) is 24.2 Å². The molecule has 0 saturated carbocycles. The van der Waals surface area contributed by atoms with Gasteiger partial charge >= 0.3 is 0 Å². The van der Waals surface area contributed by atoms with Crippen LogP contribution >= 0.6 is 11.3 Å². The van der Waals surface area contributed by atoms with Gasteiger partial charge in [0.25, 0.3) is 0 Å². The van der Waals surface area contributed by atoms with Crippen molar-refractivity contribution >= 4 is 11.3 Å². The molecule has 0 radical (unpaired) electrons. The van der Waals surface area contributed by atoms with Crippen molar-refractivity contribution in [1.29, 1.82) is 0 Å². The van der Waals surface area contributed by atoms with Crippen LogP contribution < -0.4 is 5.32 Å². The Kier molecular flexibility index (Phi) is 5.44. The van der Waals surface area contributed by atoms with E-state index >= 15 is 0 Å². The van der Waals surface area contributed by atoms with Crippen LogP contribution in [0.3, 0.4) is 0 Å². The molecule has 6 nitrogen and oxygen atoms in total. The van der Waals surface area contributed by atoms with Crippen LogP contribution in [0.1, 0.15) is 23.2 Å². The first kappa shape index (κ1) is 14.1. The molecule has 2 heterocycles. The molecular formula is C12H19N5OS. The minimum atomic E-state index is 0.656. The van der Waals surface area contributed by atoms with Crippen LogP contribution in [0.5, 0.6) is 0 Å². The van der Waals surface area contributed by atoms with Crippen LogP contribution in [0.25, 0.3) is 0 Å². The summed E-state index contributed by atoms with van der Waals surface area (Å²) in [5.41, 5.74) is 1.37. The van der Waals surface area contributed by atoms with E-state index in [1.54, 1.807) is 18.4 Å². The maximum atomic E-state index is 4.99. The molecule has 1 N–H and O–H groups in total. The Balaban J connectivity index is 1.95. The number of hydrogen-bond acceptors (Lipinski definition) is 6. The van der Waals surface area contributed by atoms with Crippen LogP contribution in [0.4, 0.5) is 0 Å². The molecule has 19 heavy (non-hydrogen) atoms. The normalized spacial score (nSPS) is 11.1. The fourth-order valence-electron chi connectivity index (χ4n) is 1.80. The largest absolute Gasteiger partial charge is 0.383 e. The average molecular weight is 281 g/mol. The van der Waals surface area contributed by atoms with Gasteiger partial charge in [-0.3, -0.25) is 0 Å². The molecule has 0 aromatic carbocycles. The van der Waals surface area contributed by atoms with Crippen LogP contribution in [0.2, 0.25) is 0 Å². The quantitative estimate of drug-likeness (QED) is 0.734. The summed E-state index contributed by atoms with van der Waals surface area (Å²) >= 11 is 1.76. The molecule has 7 heteroatoms. The second kappa shape index (κ2) is 7.32. The third kappa shape index (κ3) is 3.82. The van der Waals surface area contributed by atoms with E-state index in [-0.39, 0.29) is 0 Å². The molecule has 0 spiro atoms. The minimum Gasteiger partial charge on any atom is -0.383 e. The van der Waals surface area contributed by atoms with E-state index in [1.807, 2.05) is 4.68 Å². The van der Waals surface area contributed by atoms with Crippen molar-refractivity contribution in [3.63, 3.8) is 0 Å². The summed E-state index contributed by atoms with van der Waals surface area (Å²) in [6.07, 6.45) is 1.04. The van der Waals surface area contributed by atoms with Gasteiger partial charge in [0.2, 0.25) is 0 Å². The highest BCUT2D eigenvalue weighted by Crippen LogP contribution is 2.18. The van der Waals surface area contributed by atoms with E-state index in [0.717, 1.165) is 25.3 Å². The molecule has 2 rings (SSSR count). The number of methoxy groups -OCH3 is 1. The molecule has 0 amide bonds. The Morgan fingerprint density at radius 2 is 2.37 bits per heavy atom. The number of aryl methyl sites for hydroxylation is 1. The monoisotopic (exact) mass is 281 g/mol. The number of thiophene rings is 1. The Bertz CT molecular complexity index is 496. The van der Waals surface area contributed by atoms with Gasteiger partial charge in [0.15, 0.2) is 5.82 Å². The maximum absolute atomic E-state index is 4.99. The number of aromatic nitrogens is 4. The summed E-state index contributed by atoms with van der Waals surface area (Å²) in [6.45, 7) is 5.05. The number of tetrazole rings is 1. The first-order valence-electron chi connectivity index (χ1n) is 6.35. The van der Waals surface area contributed by atoms with Crippen molar-refractivity contribution < 1.29 is 4.74 Å². The SMILES string of the molecule is CCc1ccsc1Cn1nnnc1CNCCOC. The van der Waals surface area contributed by atoms with Gasteiger partial charge in [-0.25, -0.2) is 4.68 Å². The Morgan fingerprint density at radius 3 is 3.16 bits per heavy atom. The topological polar surface area (TPSA) is 64.9 Å². The average Bonchev–Trinajstić information content (AvgIpc) is 3.04. The Morgan fingerprint density at radius 1 is 1.47 bits per heavy atom. The zero-order chi connectivity index (χ0) is 13.5. The van der Waals surface area contributed by atoms with Gasteiger partial charge in [-0.15, -0.1) is 16.4 Å². The van der Waals surface area contributed by atoms with E-state index < -0.39 is 0 Å². The van der Waals surface area contributed by atoms with Crippen LogP contribution in [0.15, 0.2) is 11.4 Å². The molecule has 0 unspecified atom stereocenters. The van der Waals surface area contributed by atoms with Gasteiger partial charge in [0, 0.05) is 18.5 Å². The van der Waals surface area contributed by atoms with Gasteiger partial charge in [0.1, 0.15) is 0 Å². The van der Waals surface area contributed by atoms with Crippen molar-refractivity contribution in [3.8, 4) is 0 Å². The third-order valence-corrected chi connectivity index (χ3v) is 3.83. The first-order valence-corrected chi connectivity index (χ1v) is 7.23. The number of rotatable bonds is 8. The molecule has 2 aromatic heterocycles. The van der Waals surface area contributed by atoms with Crippen molar-refractivity contribution in [3.05, 3.63) is 27.7 Å².